The molecule has 1 amide bonds. The molecule has 1 aromatic heterocycles. The van der Waals surface area contributed by atoms with Crippen molar-refractivity contribution < 1.29 is 4.79 Å². The van der Waals surface area contributed by atoms with E-state index in [1.165, 1.54) is 29.7 Å². The molecule has 0 bridgehead atoms. The highest BCUT2D eigenvalue weighted by Gasteiger charge is 2.24. The maximum absolute atomic E-state index is 13.2. The molecule has 0 N–H and O–H groups in total. The van der Waals surface area contributed by atoms with E-state index in [9.17, 15) is 4.79 Å². The van der Waals surface area contributed by atoms with Gasteiger partial charge in [0.1, 0.15) is 9.88 Å². The van der Waals surface area contributed by atoms with Gasteiger partial charge in [-0.25, -0.2) is 4.98 Å². The van der Waals surface area contributed by atoms with Crippen molar-refractivity contribution in [2.45, 2.75) is 52.9 Å². The number of thiazole rings is 1. The van der Waals surface area contributed by atoms with Crippen LogP contribution in [0.5, 0.6) is 0 Å². The van der Waals surface area contributed by atoms with Crippen LogP contribution < -0.4 is 0 Å². The summed E-state index contributed by atoms with van der Waals surface area (Å²) < 4.78 is 0. The summed E-state index contributed by atoms with van der Waals surface area (Å²) in [4.78, 5) is 23.2. The van der Waals surface area contributed by atoms with Gasteiger partial charge in [-0.1, -0.05) is 51.5 Å². The summed E-state index contributed by atoms with van der Waals surface area (Å²) in [6.07, 6.45) is 3.51. The lowest BCUT2D eigenvalue weighted by Gasteiger charge is -2.21. The van der Waals surface area contributed by atoms with Crippen molar-refractivity contribution in [3.05, 3.63) is 40.4 Å². The number of aromatic nitrogens is 1. The number of carbonyl (C=O) groups excluding carboxylic acids is 1. The predicted molar refractivity (Wildman–Crippen MR) is 118 cm³/mol. The molecule has 2 heterocycles. The van der Waals surface area contributed by atoms with Crippen molar-refractivity contribution >= 4 is 17.2 Å². The first-order valence-corrected chi connectivity index (χ1v) is 11.4. The van der Waals surface area contributed by atoms with E-state index in [1.54, 1.807) is 0 Å². The molecule has 1 saturated heterocycles. The van der Waals surface area contributed by atoms with Crippen LogP contribution in [0.1, 0.15) is 66.9 Å². The fourth-order valence-electron chi connectivity index (χ4n) is 3.65. The van der Waals surface area contributed by atoms with Crippen LogP contribution in [0.2, 0.25) is 0 Å². The van der Waals surface area contributed by atoms with Gasteiger partial charge in [-0.2, -0.15) is 0 Å². The first-order chi connectivity index (χ1) is 13.5. The van der Waals surface area contributed by atoms with Gasteiger partial charge < -0.3 is 9.80 Å². The van der Waals surface area contributed by atoms with Crippen LogP contribution in [0.3, 0.4) is 0 Å². The third kappa shape index (κ3) is 5.00. The minimum absolute atomic E-state index is 0.150. The van der Waals surface area contributed by atoms with Crippen molar-refractivity contribution in [3.63, 3.8) is 0 Å². The third-order valence-corrected chi connectivity index (χ3v) is 6.71. The molecule has 3 rings (SSSR count). The maximum Gasteiger partial charge on any atom is 0.265 e. The van der Waals surface area contributed by atoms with Crippen LogP contribution in [0.4, 0.5) is 0 Å². The summed E-state index contributed by atoms with van der Waals surface area (Å²) in [5.74, 6) is 0.668. The fraction of sp³-hybridized carbons (Fsp3) is 0.565. The van der Waals surface area contributed by atoms with Gasteiger partial charge in [0.05, 0.1) is 5.69 Å². The molecule has 1 fully saturated rings. The van der Waals surface area contributed by atoms with E-state index in [0.29, 0.717) is 5.92 Å². The molecule has 1 aromatic carbocycles. The molecule has 0 atom stereocenters. The first-order valence-electron chi connectivity index (χ1n) is 10.6. The minimum Gasteiger partial charge on any atom is -0.337 e. The Bertz CT molecular complexity index is 782. The van der Waals surface area contributed by atoms with Gasteiger partial charge in [0.15, 0.2) is 0 Å². The number of amides is 1. The molecular weight excluding hydrogens is 366 g/mol. The quantitative estimate of drug-likeness (QED) is 0.671. The predicted octanol–water partition coefficient (Wildman–Crippen LogP) is 5.19. The van der Waals surface area contributed by atoms with Crippen LogP contribution in [-0.2, 0) is 0 Å². The van der Waals surface area contributed by atoms with Gasteiger partial charge in [-0.05, 0) is 44.3 Å². The van der Waals surface area contributed by atoms with Crippen LogP contribution >= 0.6 is 11.3 Å². The highest BCUT2D eigenvalue weighted by Crippen LogP contribution is 2.30. The standard InChI is InChI=1S/C23H33N3OS/c1-5-6-12-25-13-7-14-26(16-15-25)23(27)21-18(4)24-22(28-21)20-10-8-19(9-11-20)17(2)3/h8-11,17H,5-7,12-16H2,1-4H3. The lowest BCUT2D eigenvalue weighted by molar-refractivity contribution is 0.0765. The lowest BCUT2D eigenvalue weighted by Crippen LogP contribution is -2.35. The molecule has 1 aliphatic heterocycles. The van der Waals surface area contributed by atoms with Crippen molar-refractivity contribution in [1.82, 2.24) is 14.8 Å². The normalized spacial score (nSPS) is 15.8. The van der Waals surface area contributed by atoms with E-state index in [-0.39, 0.29) is 5.91 Å². The summed E-state index contributed by atoms with van der Waals surface area (Å²) in [7, 11) is 0. The van der Waals surface area contributed by atoms with E-state index in [4.69, 9.17) is 4.98 Å². The molecule has 4 nitrogen and oxygen atoms in total. The Balaban J connectivity index is 1.71. The zero-order valence-electron chi connectivity index (χ0n) is 17.7. The molecule has 2 aromatic rings. The second-order valence-corrected chi connectivity index (χ2v) is 9.05. The molecule has 5 heteroatoms. The number of benzene rings is 1. The first kappa shape index (κ1) is 21.0. The van der Waals surface area contributed by atoms with E-state index < -0.39 is 0 Å². The molecule has 0 radical (unpaired) electrons. The number of unbranched alkanes of at least 4 members (excludes halogenated alkanes) is 1. The number of hydrogen-bond acceptors (Lipinski definition) is 4. The Hall–Kier alpha value is -1.72. The number of rotatable bonds is 6. The smallest absolute Gasteiger partial charge is 0.265 e. The Morgan fingerprint density at radius 1 is 1.14 bits per heavy atom. The van der Waals surface area contributed by atoms with E-state index in [0.717, 1.165) is 60.3 Å². The molecular formula is C23H33N3OS. The zero-order chi connectivity index (χ0) is 20.1. The SMILES string of the molecule is CCCCN1CCCN(C(=O)c2sc(-c3ccc(C(C)C)cc3)nc2C)CC1. The lowest BCUT2D eigenvalue weighted by atomic mass is 10.0. The number of aryl methyl sites for hydroxylation is 1. The third-order valence-electron chi connectivity index (χ3n) is 5.52. The van der Waals surface area contributed by atoms with Gasteiger partial charge in [0, 0.05) is 25.2 Å². The highest BCUT2D eigenvalue weighted by atomic mass is 32.1. The van der Waals surface area contributed by atoms with Crippen LogP contribution in [0, 0.1) is 6.92 Å². The molecule has 28 heavy (non-hydrogen) atoms. The Morgan fingerprint density at radius 3 is 2.57 bits per heavy atom. The van der Waals surface area contributed by atoms with Crippen LogP contribution in [0.15, 0.2) is 24.3 Å². The van der Waals surface area contributed by atoms with Crippen molar-refractivity contribution in [2.75, 3.05) is 32.7 Å². The summed E-state index contributed by atoms with van der Waals surface area (Å²) >= 11 is 1.53. The van der Waals surface area contributed by atoms with Gasteiger partial charge in [0.25, 0.3) is 5.91 Å². The maximum atomic E-state index is 13.2. The Kier molecular flexibility index (Phi) is 7.24. The van der Waals surface area contributed by atoms with Crippen LogP contribution in [-0.4, -0.2) is 53.4 Å². The molecule has 0 spiro atoms. The zero-order valence-corrected chi connectivity index (χ0v) is 18.5. The second kappa shape index (κ2) is 9.66. The van der Waals surface area contributed by atoms with Crippen molar-refractivity contribution in [1.29, 1.82) is 0 Å². The van der Waals surface area contributed by atoms with Gasteiger partial charge in [-0.15, -0.1) is 11.3 Å². The fourth-order valence-corrected chi connectivity index (χ4v) is 4.69. The number of hydrogen-bond donors (Lipinski definition) is 0. The average Bonchev–Trinajstić information content (AvgIpc) is 2.93. The molecule has 1 aliphatic rings. The summed E-state index contributed by atoms with van der Waals surface area (Å²) in [5, 5.41) is 0.940. The molecule has 0 unspecified atom stereocenters. The minimum atomic E-state index is 0.150. The summed E-state index contributed by atoms with van der Waals surface area (Å²) in [5.41, 5.74) is 3.27. The average molecular weight is 400 g/mol. The summed E-state index contributed by atoms with van der Waals surface area (Å²) in [6.45, 7) is 13.5. The van der Waals surface area contributed by atoms with Crippen LogP contribution in [0.25, 0.3) is 10.6 Å². The molecule has 152 valence electrons. The van der Waals surface area contributed by atoms with E-state index in [2.05, 4.69) is 49.9 Å². The molecule has 0 saturated carbocycles. The van der Waals surface area contributed by atoms with E-state index in [1.807, 2.05) is 11.8 Å². The highest BCUT2D eigenvalue weighted by molar-refractivity contribution is 7.17. The van der Waals surface area contributed by atoms with Gasteiger partial charge in [-0.3, -0.25) is 4.79 Å². The Labute approximate surface area is 173 Å². The second-order valence-electron chi connectivity index (χ2n) is 8.05. The largest absolute Gasteiger partial charge is 0.337 e. The van der Waals surface area contributed by atoms with Gasteiger partial charge >= 0.3 is 0 Å². The number of carbonyl (C=O) groups is 1. The van der Waals surface area contributed by atoms with Crippen molar-refractivity contribution in [2.24, 2.45) is 0 Å². The summed E-state index contributed by atoms with van der Waals surface area (Å²) in [6, 6.07) is 8.58. The molecule has 0 aliphatic carbocycles. The number of nitrogens with zero attached hydrogens (tertiary/aromatic N) is 3. The monoisotopic (exact) mass is 399 g/mol. The van der Waals surface area contributed by atoms with Gasteiger partial charge in [0.2, 0.25) is 0 Å². The Morgan fingerprint density at radius 2 is 1.89 bits per heavy atom. The van der Waals surface area contributed by atoms with Crippen molar-refractivity contribution in [3.8, 4) is 10.6 Å². The van der Waals surface area contributed by atoms with E-state index >= 15 is 0 Å². The topological polar surface area (TPSA) is 36.4 Å².